The van der Waals surface area contributed by atoms with E-state index in [4.69, 9.17) is 9.47 Å². The van der Waals surface area contributed by atoms with Gasteiger partial charge in [-0.15, -0.1) is 0 Å². The molecule has 0 aliphatic heterocycles. The molecule has 0 aromatic heterocycles. The maximum absolute atomic E-state index is 12.4. The molecule has 0 aliphatic carbocycles. The minimum Gasteiger partial charge on any atom is -0.496 e. The summed E-state index contributed by atoms with van der Waals surface area (Å²) in [5.74, 6) is 1.47. The zero-order chi connectivity index (χ0) is 18.2. The Morgan fingerprint density at radius 3 is 2.40 bits per heavy atom. The number of hydrogen-bond donors (Lipinski definition) is 1. The van der Waals surface area contributed by atoms with Crippen molar-refractivity contribution < 1.29 is 14.3 Å². The largest absolute Gasteiger partial charge is 0.496 e. The number of amides is 1. The molecule has 0 fully saturated rings. The Balaban J connectivity index is 2.06. The summed E-state index contributed by atoms with van der Waals surface area (Å²) in [6.45, 7) is 3.02. The summed E-state index contributed by atoms with van der Waals surface area (Å²) < 4.78 is 10.9. The predicted molar refractivity (Wildman–Crippen MR) is 99.4 cm³/mol. The van der Waals surface area contributed by atoms with Crippen LogP contribution in [0.5, 0.6) is 11.5 Å². The van der Waals surface area contributed by atoms with E-state index >= 15 is 0 Å². The molecule has 134 valence electrons. The van der Waals surface area contributed by atoms with Crippen LogP contribution in [0.25, 0.3) is 0 Å². The lowest BCUT2D eigenvalue weighted by Crippen LogP contribution is -2.34. The van der Waals surface area contributed by atoms with Crippen molar-refractivity contribution in [1.29, 1.82) is 0 Å². The fourth-order valence-electron chi connectivity index (χ4n) is 2.67. The highest BCUT2D eigenvalue weighted by atomic mass is 16.5. The molecule has 0 bridgehead atoms. The molecular weight excluding hydrogens is 316 g/mol. The van der Waals surface area contributed by atoms with E-state index in [0.717, 1.165) is 17.1 Å². The van der Waals surface area contributed by atoms with Crippen molar-refractivity contribution in [2.75, 3.05) is 34.4 Å². The Kier molecular flexibility index (Phi) is 6.83. The smallest absolute Gasteiger partial charge is 0.251 e. The number of rotatable bonds is 8. The number of carbonyl (C=O) groups is 1. The number of likely N-dealkylation sites (N-methyl/N-ethyl adjacent to an activating group) is 1. The Morgan fingerprint density at radius 2 is 1.80 bits per heavy atom. The molecule has 5 heteroatoms. The van der Waals surface area contributed by atoms with Gasteiger partial charge in [-0.2, -0.15) is 0 Å². The third-order valence-corrected chi connectivity index (χ3v) is 4.00. The molecule has 0 aliphatic rings. The summed E-state index contributed by atoms with van der Waals surface area (Å²) in [7, 11) is 5.63. The van der Waals surface area contributed by atoms with Gasteiger partial charge in [-0.05, 0) is 51.4 Å². The Hall–Kier alpha value is -2.53. The molecule has 1 atom stereocenters. The van der Waals surface area contributed by atoms with Crippen LogP contribution in [0.3, 0.4) is 0 Å². The normalized spacial score (nSPS) is 11.9. The van der Waals surface area contributed by atoms with Crippen LogP contribution in [0.1, 0.15) is 28.9 Å². The first kappa shape index (κ1) is 18.8. The lowest BCUT2D eigenvalue weighted by Gasteiger charge is -2.26. The number of nitrogens with zero attached hydrogens (tertiary/aromatic N) is 1. The third-order valence-electron chi connectivity index (χ3n) is 4.00. The topological polar surface area (TPSA) is 50.8 Å². The maximum atomic E-state index is 12.4. The zero-order valence-electron chi connectivity index (χ0n) is 15.3. The van der Waals surface area contributed by atoms with E-state index < -0.39 is 0 Å². The van der Waals surface area contributed by atoms with Crippen molar-refractivity contribution in [1.82, 2.24) is 10.2 Å². The number of methoxy groups -OCH3 is 1. The second-order valence-electron chi connectivity index (χ2n) is 5.89. The van der Waals surface area contributed by atoms with Crippen molar-refractivity contribution in [2.45, 2.75) is 13.0 Å². The third kappa shape index (κ3) is 4.97. The molecule has 0 radical (unpaired) electrons. The first-order valence-electron chi connectivity index (χ1n) is 8.37. The first-order valence-corrected chi connectivity index (χ1v) is 8.37. The highest BCUT2D eigenvalue weighted by Crippen LogP contribution is 2.27. The molecule has 0 spiro atoms. The molecule has 5 nitrogen and oxygen atoms in total. The molecule has 25 heavy (non-hydrogen) atoms. The molecule has 2 aromatic rings. The van der Waals surface area contributed by atoms with Crippen molar-refractivity contribution in [3.8, 4) is 11.5 Å². The number of para-hydroxylation sites is 1. The Bertz CT molecular complexity index is 684. The minimum atomic E-state index is -0.107. The average Bonchev–Trinajstić information content (AvgIpc) is 2.62. The summed E-state index contributed by atoms with van der Waals surface area (Å²) in [6.07, 6.45) is 0. The lowest BCUT2D eigenvalue weighted by molar-refractivity contribution is 0.0941. The van der Waals surface area contributed by atoms with Crippen molar-refractivity contribution >= 4 is 5.91 Å². The molecule has 1 amide bonds. The number of ether oxygens (including phenoxy) is 2. The van der Waals surface area contributed by atoms with E-state index in [-0.39, 0.29) is 11.9 Å². The van der Waals surface area contributed by atoms with Gasteiger partial charge in [0, 0.05) is 17.7 Å². The quantitative estimate of drug-likeness (QED) is 0.801. The van der Waals surface area contributed by atoms with Crippen LogP contribution < -0.4 is 14.8 Å². The molecule has 2 aromatic carbocycles. The molecule has 0 unspecified atom stereocenters. The molecule has 0 saturated carbocycles. The minimum absolute atomic E-state index is 0.0165. The second-order valence-corrected chi connectivity index (χ2v) is 5.89. The van der Waals surface area contributed by atoms with Gasteiger partial charge in [0.1, 0.15) is 11.5 Å². The fourth-order valence-corrected chi connectivity index (χ4v) is 2.67. The molecule has 2 rings (SSSR count). The molecule has 0 heterocycles. The van der Waals surface area contributed by atoms with E-state index in [2.05, 4.69) is 10.2 Å². The average molecular weight is 342 g/mol. The number of benzene rings is 2. The van der Waals surface area contributed by atoms with Crippen molar-refractivity contribution in [2.24, 2.45) is 0 Å². The van der Waals surface area contributed by atoms with E-state index in [1.54, 1.807) is 19.2 Å². The molecule has 1 N–H and O–H groups in total. The summed E-state index contributed by atoms with van der Waals surface area (Å²) in [5, 5.41) is 3.00. The van der Waals surface area contributed by atoms with Crippen LogP contribution in [0.15, 0.2) is 48.5 Å². The van der Waals surface area contributed by atoms with Gasteiger partial charge in [-0.1, -0.05) is 18.2 Å². The van der Waals surface area contributed by atoms with Gasteiger partial charge in [0.15, 0.2) is 0 Å². The fraction of sp³-hybridized carbons (Fsp3) is 0.350. The highest BCUT2D eigenvalue weighted by molar-refractivity contribution is 5.94. The summed E-state index contributed by atoms with van der Waals surface area (Å²) in [4.78, 5) is 14.5. The Labute approximate surface area is 149 Å². The van der Waals surface area contributed by atoms with Gasteiger partial charge in [0.25, 0.3) is 5.91 Å². The summed E-state index contributed by atoms with van der Waals surface area (Å²) >= 11 is 0. The first-order chi connectivity index (χ1) is 12.1. The van der Waals surface area contributed by atoms with Crippen molar-refractivity contribution in [3.63, 3.8) is 0 Å². The van der Waals surface area contributed by atoms with E-state index in [1.807, 2.05) is 57.4 Å². The maximum Gasteiger partial charge on any atom is 0.251 e. The second kappa shape index (κ2) is 9.08. The zero-order valence-corrected chi connectivity index (χ0v) is 15.3. The van der Waals surface area contributed by atoms with Crippen LogP contribution in [-0.4, -0.2) is 45.2 Å². The monoisotopic (exact) mass is 342 g/mol. The van der Waals surface area contributed by atoms with Crippen LogP contribution in [0, 0.1) is 0 Å². The van der Waals surface area contributed by atoms with Crippen LogP contribution >= 0.6 is 0 Å². The van der Waals surface area contributed by atoms with Gasteiger partial charge < -0.3 is 19.7 Å². The van der Waals surface area contributed by atoms with Gasteiger partial charge in [-0.25, -0.2) is 0 Å². The van der Waals surface area contributed by atoms with Crippen LogP contribution in [0.2, 0.25) is 0 Å². The Morgan fingerprint density at radius 1 is 1.12 bits per heavy atom. The van der Waals surface area contributed by atoms with E-state index in [1.165, 1.54) is 0 Å². The SMILES string of the molecule is CCOc1ccc(C(=O)NC[C@@H](c2ccccc2OC)N(C)C)cc1. The van der Waals surface area contributed by atoms with E-state index in [9.17, 15) is 4.79 Å². The summed E-state index contributed by atoms with van der Waals surface area (Å²) in [5.41, 5.74) is 1.66. The van der Waals surface area contributed by atoms with E-state index in [0.29, 0.717) is 18.7 Å². The number of nitrogens with one attached hydrogen (secondary N) is 1. The highest BCUT2D eigenvalue weighted by Gasteiger charge is 2.19. The molecule has 0 saturated heterocycles. The standard InChI is InChI=1S/C20H26N2O3/c1-5-25-16-12-10-15(11-13-16)20(23)21-14-18(22(2)3)17-8-6-7-9-19(17)24-4/h6-13,18H,5,14H2,1-4H3,(H,21,23)/t18-/m0/s1. The van der Waals surface area contributed by atoms with Gasteiger partial charge in [0.05, 0.1) is 19.8 Å². The van der Waals surface area contributed by atoms with Gasteiger partial charge in [0.2, 0.25) is 0 Å². The van der Waals surface area contributed by atoms with Gasteiger partial charge in [-0.3, -0.25) is 4.79 Å². The predicted octanol–water partition coefficient (Wildman–Crippen LogP) is 3.13. The number of carbonyl (C=O) groups excluding carboxylic acids is 1. The number of hydrogen-bond acceptors (Lipinski definition) is 4. The van der Waals surface area contributed by atoms with Crippen LogP contribution in [0.4, 0.5) is 0 Å². The van der Waals surface area contributed by atoms with Crippen molar-refractivity contribution in [3.05, 3.63) is 59.7 Å². The van der Waals surface area contributed by atoms with Crippen LogP contribution in [-0.2, 0) is 0 Å². The van der Waals surface area contributed by atoms with Gasteiger partial charge >= 0.3 is 0 Å². The lowest BCUT2D eigenvalue weighted by atomic mass is 10.0. The molecular formula is C20H26N2O3. The summed E-state index contributed by atoms with van der Waals surface area (Å²) in [6, 6.07) is 15.0.